The molecule has 4 aromatic rings. The van der Waals surface area contributed by atoms with E-state index in [1.807, 2.05) is 19.1 Å². The second-order valence-corrected chi connectivity index (χ2v) is 6.07. The Labute approximate surface area is 146 Å². The molecule has 0 amide bonds. The number of esters is 1. The first-order chi connectivity index (χ1) is 12.3. The maximum atomic E-state index is 11.8. The Hall–Kier alpha value is -3.13. The van der Waals surface area contributed by atoms with Crippen LogP contribution in [0.4, 0.5) is 0 Å². The van der Waals surface area contributed by atoms with Crippen molar-refractivity contribution in [3.63, 3.8) is 0 Å². The summed E-state index contributed by atoms with van der Waals surface area (Å²) in [5.74, 6) is -0.330. The molecule has 122 valence electrons. The van der Waals surface area contributed by atoms with Gasteiger partial charge < -0.3 is 4.74 Å². The van der Waals surface area contributed by atoms with E-state index in [4.69, 9.17) is 4.74 Å². The Balaban J connectivity index is 1.76. The van der Waals surface area contributed by atoms with Gasteiger partial charge in [0.25, 0.3) is 0 Å². The highest BCUT2D eigenvalue weighted by Crippen LogP contribution is 2.35. The van der Waals surface area contributed by atoms with Crippen molar-refractivity contribution in [2.45, 2.75) is 13.5 Å². The van der Waals surface area contributed by atoms with Gasteiger partial charge in [0, 0.05) is 6.08 Å². The fourth-order valence-electron chi connectivity index (χ4n) is 3.36. The first-order valence-electron chi connectivity index (χ1n) is 8.39. The molecule has 0 saturated carbocycles. The van der Waals surface area contributed by atoms with E-state index in [1.54, 1.807) is 12.2 Å². The van der Waals surface area contributed by atoms with E-state index in [2.05, 4.69) is 48.5 Å². The minimum Gasteiger partial charge on any atom is -0.458 e. The summed E-state index contributed by atoms with van der Waals surface area (Å²) >= 11 is 0. The van der Waals surface area contributed by atoms with Crippen LogP contribution in [0.25, 0.3) is 32.3 Å². The van der Waals surface area contributed by atoms with Crippen molar-refractivity contribution in [3.05, 3.63) is 84.5 Å². The van der Waals surface area contributed by atoms with Crippen LogP contribution in [0.1, 0.15) is 12.5 Å². The van der Waals surface area contributed by atoms with Gasteiger partial charge in [-0.15, -0.1) is 0 Å². The molecule has 0 fully saturated rings. The molecule has 2 heteroatoms. The summed E-state index contributed by atoms with van der Waals surface area (Å²) in [4.78, 5) is 11.8. The highest BCUT2D eigenvalue weighted by molar-refractivity contribution is 6.23. The summed E-state index contributed by atoms with van der Waals surface area (Å²) in [5.41, 5.74) is 1.03. The van der Waals surface area contributed by atoms with Gasteiger partial charge in [0.1, 0.15) is 6.61 Å². The molecule has 0 radical (unpaired) electrons. The smallest absolute Gasteiger partial charge is 0.331 e. The van der Waals surface area contributed by atoms with Crippen LogP contribution >= 0.6 is 0 Å². The second kappa shape index (κ2) is 6.40. The quantitative estimate of drug-likeness (QED) is 0.206. The Morgan fingerprint density at radius 2 is 1.56 bits per heavy atom. The molecule has 0 saturated heterocycles. The molecule has 25 heavy (non-hydrogen) atoms. The van der Waals surface area contributed by atoms with Gasteiger partial charge in [-0.1, -0.05) is 72.8 Å². The lowest BCUT2D eigenvalue weighted by Gasteiger charge is -2.13. The molecule has 0 N–H and O–H groups in total. The summed E-state index contributed by atoms with van der Waals surface area (Å²) < 4.78 is 5.41. The lowest BCUT2D eigenvalue weighted by atomic mass is 9.92. The van der Waals surface area contributed by atoms with E-state index in [9.17, 15) is 4.79 Å². The van der Waals surface area contributed by atoms with E-state index >= 15 is 0 Å². The molecule has 4 rings (SSSR count). The Bertz CT molecular complexity index is 1100. The standard InChI is InChI=1S/C23H18O2/c1-2-3-4-8-21(24)25-15-19-12-11-18-10-9-16-6-5-7-17-13-14-20(19)23(18)22(16)17/h2-14H,15H2,1H3. The lowest BCUT2D eigenvalue weighted by molar-refractivity contribution is -0.138. The third kappa shape index (κ3) is 2.76. The normalized spacial score (nSPS) is 12.2. The zero-order chi connectivity index (χ0) is 17.2. The topological polar surface area (TPSA) is 26.3 Å². The minimum atomic E-state index is -0.330. The SMILES string of the molecule is CC=CC=CC(=O)OCc1ccc2ccc3cccc4ccc1c2c34. The molecule has 0 heterocycles. The van der Waals surface area contributed by atoms with Gasteiger partial charge in [-0.05, 0) is 44.8 Å². The van der Waals surface area contributed by atoms with Crippen LogP contribution in [-0.2, 0) is 16.1 Å². The molecule has 0 unspecified atom stereocenters. The third-order valence-electron chi connectivity index (χ3n) is 4.52. The number of carbonyl (C=O) groups is 1. The highest BCUT2D eigenvalue weighted by Gasteiger charge is 2.11. The van der Waals surface area contributed by atoms with Crippen LogP contribution in [0.15, 0.2) is 78.9 Å². The maximum absolute atomic E-state index is 11.8. The summed E-state index contributed by atoms with van der Waals surface area (Å²) in [5, 5.41) is 7.35. The van der Waals surface area contributed by atoms with Crippen LogP contribution < -0.4 is 0 Å². The summed E-state index contributed by atoms with van der Waals surface area (Å²) in [7, 11) is 0. The fourth-order valence-corrected chi connectivity index (χ4v) is 3.36. The zero-order valence-corrected chi connectivity index (χ0v) is 14.0. The molecule has 0 spiro atoms. The van der Waals surface area contributed by atoms with Crippen LogP contribution in [-0.4, -0.2) is 5.97 Å². The molecule has 4 aromatic carbocycles. The predicted octanol–water partition coefficient (Wildman–Crippen LogP) is 5.76. The number of carbonyl (C=O) groups excluding carboxylic acids is 1. The largest absolute Gasteiger partial charge is 0.458 e. The molecular formula is C23H18O2. The lowest BCUT2D eigenvalue weighted by Crippen LogP contribution is -2.01. The summed E-state index contributed by atoms with van der Waals surface area (Å²) in [6, 6.07) is 19.1. The zero-order valence-electron chi connectivity index (χ0n) is 14.0. The Morgan fingerprint density at radius 1 is 0.880 bits per heavy atom. The molecule has 0 bridgehead atoms. The van der Waals surface area contributed by atoms with Gasteiger partial charge in [-0.3, -0.25) is 0 Å². The molecular weight excluding hydrogens is 308 g/mol. The number of rotatable bonds is 4. The van der Waals surface area contributed by atoms with Gasteiger partial charge in [0.2, 0.25) is 0 Å². The van der Waals surface area contributed by atoms with Crippen molar-refractivity contribution in [3.8, 4) is 0 Å². The maximum Gasteiger partial charge on any atom is 0.331 e. The molecule has 0 atom stereocenters. The molecule has 2 nitrogen and oxygen atoms in total. The Kier molecular flexibility index (Phi) is 3.95. The van der Waals surface area contributed by atoms with E-state index < -0.39 is 0 Å². The monoisotopic (exact) mass is 326 g/mol. The first-order valence-corrected chi connectivity index (χ1v) is 8.39. The second-order valence-electron chi connectivity index (χ2n) is 6.07. The van der Waals surface area contributed by atoms with Crippen LogP contribution in [0, 0.1) is 0 Å². The van der Waals surface area contributed by atoms with Crippen LogP contribution in [0.3, 0.4) is 0 Å². The van der Waals surface area contributed by atoms with Gasteiger partial charge in [-0.2, -0.15) is 0 Å². The van der Waals surface area contributed by atoms with Crippen molar-refractivity contribution in [2.75, 3.05) is 0 Å². The molecule has 0 aliphatic carbocycles. The average molecular weight is 326 g/mol. The first kappa shape index (κ1) is 15.4. The molecule has 0 aliphatic rings. The summed E-state index contributed by atoms with van der Waals surface area (Å²) in [6.07, 6.45) is 6.80. The third-order valence-corrected chi connectivity index (χ3v) is 4.52. The molecule has 0 aromatic heterocycles. The van der Waals surface area contributed by atoms with Crippen LogP contribution in [0.2, 0.25) is 0 Å². The minimum absolute atomic E-state index is 0.271. The van der Waals surface area contributed by atoms with Crippen molar-refractivity contribution in [1.29, 1.82) is 0 Å². The number of ether oxygens (including phenoxy) is 1. The van der Waals surface area contributed by atoms with Gasteiger partial charge in [-0.25, -0.2) is 4.79 Å². The van der Waals surface area contributed by atoms with Gasteiger partial charge in [0.15, 0.2) is 0 Å². The van der Waals surface area contributed by atoms with E-state index in [0.717, 1.165) is 10.9 Å². The van der Waals surface area contributed by atoms with Crippen molar-refractivity contribution in [1.82, 2.24) is 0 Å². The highest BCUT2D eigenvalue weighted by atomic mass is 16.5. The van der Waals surface area contributed by atoms with Crippen molar-refractivity contribution >= 4 is 38.3 Å². The number of allylic oxidation sites excluding steroid dienone is 3. The fraction of sp³-hybridized carbons (Fsp3) is 0.0870. The van der Waals surface area contributed by atoms with E-state index in [0.29, 0.717) is 0 Å². The van der Waals surface area contributed by atoms with Crippen molar-refractivity contribution < 1.29 is 9.53 Å². The number of hydrogen-bond donors (Lipinski definition) is 0. The molecule has 0 aliphatic heterocycles. The van der Waals surface area contributed by atoms with Gasteiger partial charge >= 0.3 is 5.97 Å². The summed E-state index contributed by atoms with van der Waals surface area (Å²) in [6.45, 7) is 2.17. The van der Waals surface area contributed by atoms with E-state index in [-0.39, 0.29) is 12.6 Å². The van der Waals surface area contributed by atoms with Gasteiger partial charge in [0.05, 0.1) is 0 Å². The predicted molar refractivity (Wildman–Crippen MR) is 104 cm³/mol. The number of benzene rings is 4. The van der Waals surface area contributed by atoms with Crippen molar-refractivity contribution in [2.24, 2.45) is 0 Å². The Morgan fingerprint density at radius 3 is 2.32 bits per heavy atom. The number of hydrogen-bond acceptors (Lipinski definition) is 2. The van der Waals surface area contributed by atoms with Crippen LogP contribution in [0.5, 0.6) is 0 Å². The average Bonchev–Trinajstić information content (AvgIpc) is 2.65. The van der Waals surface area contributed by atoms with E-state index in [1.165, 1.54) is 33.0 Å².